The van der Waals surface area contributed by atoms with Crippen LogP contribution in [0, 0.1) is 0 Å². The van der Waals surface area contributed by atoms with Crippen molar-refractivity contribution in [3.8, 4) is 0 Å². The van der Waals surface area contributed by atoms with E-state index in [9.17, 15) is 9.90 Å². The molecule has 19 heavy (non-hydrogen) atoms. The predicted octanol–water partition coefficient (Wildman–Crippen LogP) is 1.21. The van der Waals surface area contributed by atoms with Crippen molar-refractivity contribution in [2.75, 3.05) is 0 Å². The molecule has 0 bridgehead atoms. The highest BCUT2D eigenvalue weighted by Gasteiger charge is 2.17. The molecule has 1 aromatic carbocycles. The number of nitrogens with zero attached hydrogens (tertiary/aromatic N) is 1. The Bertz CT molecular complexity index is 448. The molecular weight excluding hydrogens is 246 g/mol. The number of carbonyl (C=O) groups is 1. The fourth-order valence-electron chi connectivity index (χ4n) is 1.44. The van der Waals surface area contributed by atoms with E-state index < -0.39 is 23.7 Å². The van der Waals surface area contributed by atoms with Gasteiger partial charge in [0.15, 0.2) is 6.04 Å². The van der Waals surface area contributed by atoms with Gasteiger partial charge >= 0.3 is 5.97 Å². The van der Waals surface area contributed by atoms with Crippen molar-refractivity contribution in [1.82, 2.24) is 0 Å². The zero-order valence-electron chi connectivity index (χ0n) is 11.3. The summed E-state index contributed by atoms with van der Waals surface area (Å²) in [6.45, 7) is 5.11. The lowest BCUT2D eigenvalue weighted by Gasteiger charge is -2.30. The molecule has 0 spiro atoms. The maximum atomic E-state index is 11.5. The SMILES string of the molecule is CC(C)(C)OC([O-])=N[C@@H](Cc1ccccc1)C(=O)O. The Kier molecular flexibility index (Phi) is 4.92. The van der Waals surface area contributed by atoms with Gasteiger partial charge in [-0.3, -0.25) is 4.99 Å². The van der Waals surface area contributed by atoms with Crippen LogP contribution in [0.3, 0.4) is 0 Å². The topological polar surface area (TPSA) is 82.0 Å². The second-order valence-electron chi connectivity index (χ2n) is 5.15. The van der Waals surface area contributed by atoms with Gasteiger partial charge in [0.1, 0.15) is 6.08 Å². The van der Waals surface area contributed by atoms with Crippen LogP contribution in [0.15, 0.2) is 35.3 Å². The lowest BCUT2D eigenvalue weighted by molar-refractivity contribution is -0.261. The molecule has 0 aromatic heterocycles. The van der Waals surface area contributed by atoms with Gasteiger partial charge in [-0.25, -0.2) is 4.79 Å². The summed E-state index contributed by atoms with van der Waals surface area (Å²) in [4.78, 5) is 14.7. The van der Waals surface area contributed by atoms with Crippen LogP contribution in [0.1, 0.15) is 26.3 Å². The normalized spacial score (nSPS) is 13.9. The second-order valence-corrected chi connectivity index (χ2v) is 5.15. The Balaban J connectivity index is 2.79. The third-order valence-electron chi connectivity index (χ3n) is 2.21. The molecule has 1 N–H and O–H groups in total. The molecule has 0 fully saturated rings. The highest BCUT2D eigenvalue weighted by molar-refractivity contribution is 5.77. The lowest BCUT2D eigenvalue weighted by atomic mass is 10.1. The Morgan fingerprint density at radius 3 is 2.42 bits per heavy atom. The largest absolute Gasteiger partial charge is 0.595 e. The van der Waals surface area contributed by atoms with Gasteiger partial charge < -0.3 is 14.9 Å². The molecule has 5 heteroatoms. The summed E-state index contributed by atoms with van der Waals surface area (Å²) in [6.07, 6.45) is -0.689. The van der Waals surface area contributed by atoms with E-state index in [-0.39, 0.29) is 6.42 Å². The number of benzene rings is 1. The molecule has 0 saturated heterocycles. The fourth-order valence-corrected chi connectivity index (χ4v) is 1.44. The molecule has 0 radical (unpaired) electrons. The zero-order valence-corrected chi connectivity index (χ0v) is 11.3. The van der Waals surface area contributed by atoms with Crippen LogP contribution in [0.25, 0.3) is 0 Å². The molecule has 0 aliphatic rings. The number of aliphatic carboxylic acids is 1. The Labute approximate surface area is 112 Å². The van der Waals surface area contributed by atoms with E-state index in [0.717, 1.165) is 5.56 Å². The van der Waals surface area contributed by atoms with E-state index >= 15 is 0 Å². The molecule has 104 valence electrons. The van der Waals surface area contributed by atoms with Crippen LogP contribution in [-0.2, 0) is 16.0 Å². The maximum Gasteiger partial charge on any atom is 0.328 e. The van der Waals surface area contributed by atoms with E-state index in [1.165, 1.54) is 0 Å². The molecule has 0 saturated carbocycles. The average molecular weight is 264 g/mol. The molecule has 0 amide bonds. The molecule has 1 aromatic rings. The van der Waals surface area contributed by atoms with Crippen molar-refractivity contribution in [3.63, 3.8) is 0 Å². The van der Waals surface area contributed by atoms with Gasteiger partial charge in [-0.05, 0) is 5.56 Å². The minimum atomic E-state index is -1.14. The summed E-state index contributed by atoms with van der Waals surface area (Å²) >= 11 is 0. The van der Waals surface area contributed by atoms with E-state index in [2.05, 4.69) is 4.99 Å². The number of carboxylic acid groups (broad SMARTS) is 1. The number of rotatable bonds is 4. The number of hydrogen-bond donors (Lipinski definition) is 1. The molecule has 0 unspecified atom stereocenters. The van der Waals surface area contributed by atoms with Crippen LogP contribution in [0.4, 0.5) is 0 Å². The zero-order chi connectivity index (χ0) is 14.5. The van der Waals surface area contributed by atoms with Crippen LogP contribution in [0.5, 0.6) is 0 Å². The third kappa shape index (κ3) is 5.90. The van der Waals surface area contributed by atoms with Crippen molar-refractivity contribution in [2.45, 2.75) is 38.8 Å². The highest BCUT2D eigenvalue weighted by Crippen LogP contribution is 2.09. The Morgan fingerprint density at radius 2 is 1.95 bits per heavy atom. The molecule has 1 atom stereocenters. The summed E-state index contributed by atoms with van der Waals surface area (Å²) in [7, 11) is 0. The van der Waals surface area contributed by atoms with Crippen molar-refractivity contribution in [1.29, 1.82) is 0 Å². The van der Waals surface area contributed by atoms with Gasteiger partial charge in [0, 0.05) is 12.0 Å². The van der Waals surface area contributed by atoms with Gasteiger partial charge in [-0.15, -0.1) is 0 Å². The standard InChI is InChI=1S/C14H19NO4/c1-14(2,3)19-13(18)15-11(12(16)17)9-10-7-5-4-6-8-10/h4-8,11H,9H2,1-3H3,(H,15,18)(H,16,17)/p-1/t11-/m0/s1. The first-order chi connectivity index (χ1) is 8.78. The van der Waals surface area contributed by atoms with Gasteiger partial charge in [-0.1, -0.05) is 51.1 Å². The maximum absolute atomic E-state index is 11.5. The first-order valence-electron chi connectivity index (χ1n) is 5.98. The van der Waals surface area contributed by atoms with Gasteiger partial charge in [-0.2, -0.15) is 0 Å². The first-order valence-corrected chi connectivity index (χ1v) is 5.98. The minimum Gasteiger partial charge on any atom is -0.595 e. The average Bonchev–Trinajstić information content (AvgIpc) is 2.26. The number of aliphatic imine (C=N–C) groups is 1. The lowest BCUT2D eigenvalue weighted by Crippen LogP contribution is -2.34. The van der Waals surface area contributed by atoms with Gasteiger partial charge in [0.2, 0.25) is 0 Å². The number of carboxylic acids is 1. The Hall–Kier alpha value is -2.04. The molecule has 5 nitrogen and oxygen atoms in total. The number of hydrogen-bond acceptors (Lipinski definition) is 4. The quantitative estimate of drug-likeness (QED) is 0.654. The second kappa shape index (κ2) is 6.22. The van der Waals surface area contributed by atoms with E-state index in [4.69, 9.17) is 9.84 Å². The number of ether oxygens (including phenoxy) is 1. The summed E-state index contributed by atoms with van der Waals surface area (Å²) in [6, 6.07) is 7.91. The molecule has 0 aliphatic carbocycles. The van der Waals surface area contributed by atoms with Gasteiger partial charge in [0.05, 0.1) is 0 Å². The highest BCUT2D eigenvalue weighted by atomic mass is 16.6. The third-order valence-corrected chi connectivity index (χ3v) is 2.21. The van der Waals surface area contributed by atoms with Crippen LogP contribution in [0.2, 0.25) is 0 Å². The van der Waals surface area contributed by atoms with Gasteiger partial charge in [0.25, 0.3) is 0 Å². The summed E-state index contributed by atoms with van der Waals surface area (Å²) in [5.74, 6) is -1.14. The fraction of sp³-hybridized carbons (Fsp3) is 0.429. The molecule has 0 aliphatic heterocycles. The summed E-state index contributed by atoms with van der Waals surface area (Å²) in [5.41, 5.74) is 0.123. The van der Waals surface area contributed by atoms with E-state index in [1.807, 2.05) is 18.2 Å². The monoisotopic (exact) mass is 264 g/mol. The van der Waals surface area contributed by atoms with Crippen molar-refractivity contribution in [2.24, 2.45) is 4.99 Å². The summed E-state index contributed by atoms with van der Waals surface area (Å²) in [5, 5.41) is 20.6. The summed E-state index contributed by atoms with van der Waals surface area (Å²) < 4.78 is 4.99. The molecule has 1 rings (SSSR count). The van der Waals surface area contributed by atoms with E-state index in [1.54, 1.807) is 32.9 Å². The Morgan fingerprint density at radius 1 is 1.37 bits per heavy atom. The van der Waals surface area contributed by atoms with E-state index in [0.29, 0.717) is 0 Å². The van der Waals surface area contributed by atoms with Crippen molar-refractivity contribution in [3.05, 3.63) is 35.9 Å². The van der Waals surface area contributed by atoms with Crippen LogP contribution in [-0.4, -0.2) is 28.8 Å². The smallest absolute Gasteiger partial charge is 0.328 e. The minimum absolute atomic E-state index is 0.162. The molecular formula is C14H18NO4-. The van der Waals surface area contributed by atoms with Crippen LogP contribution < -0.4 is 5.11 Å². The van der Waals surface area contributed by atoms with Crippen molar-refractivity contribution >= 4 is 12.1 Å². The first kappa shape index (κ1) is 15.0. The predicted molar refractivity (Wildman–Crippen MR) is 69.8 cm³/mol. The molecule has 0 heterocycles. The van der Waals surface area contributed by atoms with Crippen LogP contribution >= 0.6 is 0 Å². The van der Waals surface area contributed by atoms with Crippen molar-refractivity contribution < 1.29 is 19.7 Å².